The number of carbonyl (C=O) groups excluding carboxylic acids is 1. The molecule has 2 aliphatic rings. The molecule has 0 aromatic rings. The van der Waals surface area contributed by atoms with E-state index in [4.69, 9.17) is 27.9 Å². The van der Waals surface area contributed by atoms with Gasteiger partial charge in [0.05, 0.1) is 31.9 Å². The average molecular weight is 874 g/mol. The maximum absolute atomic E-state index is 12.1. The summed E-state index contributed by atoms with van der Waals surface area (Å²) in [4.78, 5) is 12.1. The zero-order valence-corrected chi connectivity index (χ0v) is 39.6. The maximum Gasteiger partial charge on any atom is 1.00 e. The predicted molar refractivity (Wildman–Crippen MR) is 142 cm³/mol. The van der Waals surface area contributed by atoms with Crippen molar-refractivity contribution >= 4 is 39.0 Å². The first-order valence-electron chi connectivity index (χ1n) is 13.7. The molecule has 2 heterocycles. The normalized spacial score (nSPS) is 31.3. The number of aliphatic hydroxyl groups is 6. The van der Waals surface area contributed by atoms with Crippen LogP contribution in [0.1, 0.15) is 13.3 Å². The van der Waals surface area contributed by atoms with Gasteiger partial charge in [0.2, 0.25) is 10.4 Å². The van der Waals surface area contributed by atoms with Gasteiger partial charge < -0.3 is 78.6 Å². The molecular weight excluding hydrogens is 838 g/mol. The summed E-state index contributed by atoms with van der Waals surface area (Å²) in [6, 6.07) is -2.15. The van der Waals surface area contributed by atoms with Gasteiger partial charge in [-0.05, 0) is 6.42 Å². The number of aliphatic hydroxyl groups excluding tert-OH is 6. The second-order valence-corrected chi connectivity index (χ2v) is 13.0. The summed E-state index contributed by atoms with van der Waals surface area (Å²) in [5.41, 5.74) is 0. The molecule has 290 valence electrons. The van der Waals surface area contributed by atoms with Crippen molar-refractivity contribution < 1.29 is 231 Å². The first-order valence-corrected chi connectivity index (χ1v) is 17.1. The van der Waals surface area contributed by atoms with E-state index >= 15 is 0 Å². The van der Waals surface area contributed by atoms with Crippen LogP contribution in [0.4, 0.5) is 0 Å². The van der Waals surface area contributed by atoms with E-state index in [2.05, 4.69) is 13.6 Å². The van der Waals surface area contributed by atoms with Gasteiger partial charge in [0.15, 0.2) is 28.9 Å². The van der Waals surface area contributed by atoms with Crippen LogP contribution < -0.4 is 133 Å². The van der Waals surface area contributed by atoms with E-state index in [0.717, 1.165) is 7.11 Å². The molecule has 7 N–H and O–H groups in total. The molecule has 14 atom stereocenters. The number of ether oxygens (including phenoxy) is 5. The van der Waals surface area contributed by atoms with Crippen LogP contribution in [0.2, 0.25) is 0 Å². The van der Waals surface area contributed by atoms with Crippen molar-refractivity contribution in [2.45, 2.75) is 98.9 Å². The van der Waals surface area contributed by atoms with Gasteiger partial charge in [0.25, 0.3) is 0 Å². The number of carboxylic acids is 1. The second-order valence-electron chi connectivity index (χ2n) is 10.4. The van der Waals surface area contributed by atoms with Crippen LogP contribution in [0.25, 0.3) is 0 Å². The van der Waals surface area contributed by atoms with E-state index in [1.807, 2.05) is 0 Å². The maximum atomic E-state index is 12.1. The van der Waals surface area contributed by atoms with Crippen LogP contribution in [0.15, 0.2) is 0 Å². The van der Waals surface area contributed by atoms with Crippen LogP contribution in [0, 0.1) is 0 Å². The second kappa shape index (κ2) is 28.5. The molecule has 2 saturated heterocycles. The predicted octanol–water partition coefficient (Wildman–Crippen LogP) is -20.7. The zero-order valence-electron chi connectivity index (χ0n) is 29.2. The van der Waals surface area contributed by atoms with Gasteiger partial charge in [-0.15, -0.1) is 4.33 Å². The molecule has 0 spiro atoms. The Bertz CT molecular complexity index is 1250. The summed E-state index contributed by atoms with van der Waals surface area (Å²) in [5, 5.41) is 86.7. The number of carbonyl (C=O) groups is 1. The standard InChI is InChI=1S/C21H39NO24S3.4Na/c1-3-7(23)12(25)13(26)8(24)4-39-5-9-17(44-49(35,36)37)15(28)18(19(41-9)20(29)30)43-21-11(22-48(32,33)34)14(27)16(38-2)10(42-21)6-40-47-46-45-31;;;;/h7-19,21-28,31H,3-6H2,1-2H3,(H,29,30)(H,32,33,34)(H,35,36,37);;;;/q;4*+1/p-4/t7?,8?,9-,10?,11?,12-,13+,14-,15-,16-,17?,18+,19?,21-;;;;/m0..../s1. The summed E-state index contributed by atoms with van der Waals surface area (Å²) in [7, 11) is -10.2. The molecule has 0 saturated carbocycles. The van der Waals surface area contributed by atoms with Gasteiger partial charge in [-0.1, -0.05) is 6.92 Å². The molecule has 2 aliphatic heterocycles. The Morgan fingerprint density at radius 2 is 1.45 bits per heavy atom. The van der Waals surface area contributed by atoms with Gasteiger partial charge in [0.1, 0.15) is 73.2 Å². The monoisotopic (exact) mass is 873 g/mol. The number of rotatable bonds is 21. The molecule has 2 rings (SSSR count). The molecule has 0 aromatic carbocycles. The number of nitrogens with one attached hydrogen (secondary N) is 1. The molecule has 2 fully saturated rings. The fraction of sp³-hybridized carbons (Fsp3) is 0.952. The zero-order chi connectivity index (χ0) is 37.3. The van der Waals surface area contributed by atoms with Crippen molar-refractivity contribution in [1.29, 1.82) is 0 Å². The molecule has 25 nitrogen and oxygen atoms in total. The van der Waals surface area contributed by atoms with Crippen molar-refractivity contribution in [3.05, 3.63) is 0 Å². The molecule has 0 aromatic heterocycles. The molecule has 0 amide bonds. The van der Waals surface area contributed by atoms with Gasteiger partial charge in [-0.3, -0.25) is 13.4 Å². The first-order chi connectivity index (χ1) is 22.8. The minimum absolute atomic E-state index is 0. The van der Waals surface area contributed by atoms with Crippen molar-refractivity contribution in [2.75, 3.05) is 26.9 Å². The van der Waals surface area contributed by atoms with Crippen LogP contribution in [-0.4, -0.2) is 175 Å². The third-order valence-electron chi connectivity index (χ3n) is 7.10. The number of methoxy groups -OCH3 is 1. The first kappa shape index (κ1) is 60.3. The summed E-state index contributed by atoms with van der Waals surface area (Å²) in [5.74, 6) is -2.18. The fourth-order valence-electron chi connectivity index (χ4n) is 4.79. The van der Waals surface area contributed by atoms with Crippen LogP contribution in [-0.2, 0) is 66.9 Å². The summed E-state index contributed by atoms with van der Waals surface area (Å²) >= 11 is -0.0362. The number of hydrogen-bond acceptors (Lipinski definition) is 25. The Kier molecular flexibility index (Phi) is 32.4. The third kappa shape index (κ3) is 19.5. The quantitative estimate of drug-likeness (QED) is 0.0107. The van der Waals surface area contributed by atoms with Crippen LogP contribution in [0.3, 0.4) is 0 Å². The smallest absolute Gasteiger partial charge is 0.735 e. The van der Waals surface area contributed by atoms with E-state index in [1.165, 1.54) is 11.6 Å². The largest absolute Gasteiger partial charge is 1.00 e. The third-order valence-corrected chi connectivity index (χ3v) is 8.46. The van der Waals surface area contributed by atoms with Crippen molar-refractivity contribution in [1.82, 2.24) is 4.72 Å². The van der Waals surface area contributed by atoms with Gasteiger partial charge in [-0.25, -0.2) is 21.6 Å². The van der Waals surface area contributed by atoms with E-state index in [1.54, 1.807) is 0 Å². The minimum Gasteiger partial charge on any atom is -0.735 e. The molecule has 0 radical (unpaired) electrons. The van der Waals surface area contributed by atoms with E-state index in [9.17, 15) is 71.7 Å². The van der Waals surface area contributed by atoms with Crippen LogP contribution in [0.5, 0.6) is 0 Å². The van der Waals surface area contributed by atoms with Crippen molar-refractivity contribution in [3.8, 4) is 0 Å². The molecule has 32 heteroatoms. The molecule has 0 aliphatic carbocycles. The number of hydrogen-bond donors (Lipinski definition) is 7. The van der Waals surface area contributed by atoms with Gasteiger partial charge >= 0.3 is 118 Å². The topological polar surface area (TPSA) is 394 Å². The Labute approximate surface area is 396 Å². The summed E-state index contributed by atoms with van der Waals surface area (Å²) < 4.78 is 110. The van der Waals surface area contributed by atoms with Crippen LogP contribution >= 0.6 is 12.3 Å². The minimum atomic E-state index is -5.74. The molecular formula is C21H35NNa4O24S3. The Hall–Kier alpha value is 2.96. The molecule has 53 heavy (non-hydrogen) atoms. The van der Waals surface area contributed by atoms with E-state index < -0.39 is 132 Å². The number of carboxylic acid groups (broad SMARTS) is 1. The van der Waals surface area contributed by atoms with Gasteiger partial charge in [0, 0.05) is 7.11 Å². The average Bonchev–Trinajstić information content (AvgIpc) is 3.01. The van der Waals surface area contributed by atoms with Crippen molar-refractivity contribution in [2.24, 2.45) is 0 Å². The van der Waals surface area contributed by atoms with Gasteiger partial charge in [-0.2, -0.15) is 0 Å². The van der Waals surface area contributed by atoms with E-state index in [0.29, 0.717) is 0 Å². The Morgan fingerprint density at radius 1 is 0.887 bits per heavy atom. The number of aliphatic carboxylic acids is 1. The summed E-state index contributed by atoms with van der Waals surface area (Å²) in [6.45, 7) is -1.08. The molecule has 0 bridgehead atoms. The van der Waals surface area contributed by atoms with Crippen molar-refractivity contribution in [3.63, 3.8) is 0 Å². The Morgan fingerprint density at radius 3 is 1.94 bits per heavy atom. The Balaban J connectivity index is -0.00000625. The molecule has 6 unspecified atom stereocenters. The SMILES string of the molecule is CCC(O)[C@H](O)[C@H](O)C(O)COC[C@@H]1OC(C(=O)[O-])[C@H](O[C@@H]2OC(COSOO[O-])[C@H](OC)[C@@H](O)C2NS(=O)(=O)[O-])[C@@H](O)C1OS(=O)(=O)[O-].[Na+].[Na+].[Na+].[Na+]. The summed E-state index contributed by atoms with van der Waals surface area (Å²) in [6.07, 6.45) is -26.4. The van der Waals surface area contributed by atoms with E-state index in [-0.39, 0.29) is 137 Å². The fourth-order valence-corrected chi connectivity index (χ4v) is 6.14.